The maximum Gasteiger partial charge on any atom is 0.192 e. The Balaban J connectivity index is 2.26. The molecule has 0 aromatic heterocycles. The molecule has 2 fully saturated rings. The first-order valence-electron chi connectivity index (χ1n) is 10.1. The molecule has 0 aliphatic carbocycles. The maximum absolute atomic E-state index is 9.46. The summed E-state index contributed by atoms with van der Waals surface area (Å²) >= 11 is 0. The van der Waals surface area contributed by atoms with E-state index in [0.29, 0.717) is 13.0 Å². The predicted molar refractivity (Wildman–Crippen MR) is 103 cm³/mol. The molecule has 6 nitrogen and oxygen atoms in total. The van der Waals surface area contributed by atoms with Crippen molar-refractivity contribution in [3.05, 3.63) is 0 Å². The fourth-order valence-corrected chi connectivity index (χ4v) is 6.85. The second kappa shape index (κ2) is 8.55. The smallest absolute Gasteiger partial charge is 0.192 e. The van der Waals surface area contributed by atoms with Crippen LogP contribution in [-0.2, 0) is 23.4 Å². The van der Waals surface area contributed by atoms with Crippen molar-refractivity contribution in [1.82, 2.24) is 0 Å². The number of rotatable bonds is 8. The molecule has 0 aromatic rings. The second-order valence-corrected chi connectivity index (χ2v) is 13.1. The predicted octanol–water partition coefficient (Wildman–Crippen LogP) is 3.43. The summed E-state index contributed by atoms with van der Waals surface area (Å²) in [7, 11) is -1.83. The summed E-state index contributed by atoms with van der Waals surface area (Å²) in [6.45, 7) is 14.8. The van der Waals surface area contributed by atoms with Crippen LogP contribution in [0.15, 0.2) is 0 Å². The van der Waals surface area contributed by atoms with E-state index in [0.717, 1.165) is 18.1 Å². The van der Waals surface area contributed by atoms with E-state index in [1.54, 1.807) is 0 Å². The van der Waals surface area contributed by atoms with Gasteiger partial charge >= 0.3 is 0 Å². The molecule has 0 radical (unpaired) electrons. The summed E-state index contributed by atoms with van der Waals surface area (Å²) in [4.78, 5) is 0. The molecule has 0 spiro atoms. The van der Waals surface area contributed by atoms with Gasteiger partial charge in [-0.2, -0.15) is 0 Å². The van der Waals surface area contributed by atoms with Crippen molar-refractivity contribution in [1.29, 1.82) is 0 Å². The van der Waals surface area contributed by atoms with E-state index < -0.39 is 19.9 Å². The minimum absolute atomic E-state index is 0.0519. The van der Waals surface area contributed by atoms with E-state index in [1.807, 2.05) is 27.7 Å². The monoisotopic (exact) mass is 390 g/mol. The molecule has 2 rings (SSSR count). The van der Waals surface area contributed by atoms with Gasteiger partial charge in [-0.15, -0.1) is 0 Å². The van der Waals surface area contributed by atoms with E-state index in [4.69, 9.17) is 23.4 Å². The third-order valence-corrected chi connectivity index (χ3v) is 10.3. The Labute approximate surface area is 159 Å². The zero-order chi connectivity index (χ0) is 19.6. The van der Waals surface area contributed by atoms with E-state index in [1.165, 1.54) is 0 Å². The van der Waals surface area contributed by atoms with Gasteiger partial charge in [0.05, 0.1) is 18.8 Å². The fourth-order valence-electron chi connectivity index (χ4n) is 4.01. The minimum Gasteiger partial charge on any atom is -0.409 e. The molecule has 0 bridgehead atoms. The van der Waals surface area contributed by atoms with Crippen LogP contribution in [0, 0.1) is 0 Å². The minimum atomic E-state index is -1.83. The Kier molecular flexibility index (Phi) is 7.32. The van der Waals surface area contributed by atoms with Crippen molar-refractivity contribution in [3.63, 3.8) is 0 Å². The topological polar surface area (TPSA) is 66.4 Å². The van der Waals surface area contributed by atoms with Gasteiger partial charge in [0.2, 0.25) is 0 Å². The van der Waals surface area contributed by atoms with Crippen molar-refractivity contribution in [2.75, 3.05) is 13.2 Å². The van der Waals surface area contributed by atoms with Gasteiger partial charge in [-0.3, -0.25) is 0 Å². The molecule has 1 N–H and O–H groups in total. The lowest BCUT2D eigenvalue weighted by atomic mass is 10.00. The Morgan fingerprint density at radius 1 is 0.923 bits per heavy atom. The first-order chi connectivity index (χ1) is 12.1. The molecule has 2 heterocycles. The quantitative estimate of drug-likeness (QED) is 0.641. The van der Waals surface area contributed by atoms with Crippen molar-refractivity contribution in [3.8, 4) is 0 Å². The number of ether oxygens (including phenoxy) is 4. The van der Waals surface area contributed by atoms with Crippen LogP contribution >= 0.6 is 0 Å². The average Bonchev–Trinajstić information content (AvgIpc) is 2.88. The van der Waals surface area contributed by atoms with Crippen LogP contribution in [0.4, 0.5) is 0 Å². The highest BCUT2D eigenvalue weighted by atomic mass is 28.4. The molecule has 2 aliphatic heterocycles. The standard InChI is InChI=1S/C19H38O6Si/c1-8-26(9-2,10-3)25-15-13-21-18(4,5)23-17(15)16-14(11-12-20)22-19(6,7)24-16/h14-17,20H,8-13H2,1-7H3/t14-,15?,16?,17-/m1/s1. The van der Waals surface area contributed by atoms with Crippen LogP contribution < -0.4 is 0 Å². The Bertz CT molecular complexity index is 443. The second-order valence-electron chi connectivity index (χ2n) is 8.34. The molecule has 0 aromatic carbocycles. The van der Waals surface area contributed by atoms with Crippen LogP contribution in [0.2, 0.25) is 18.1 Å². The molecule has 26 heavy (non-hydrogen) atoms. The summed E-state index contributed by atoms with van der Waals surface area (Å²) < 4.78 is 31.2. The maximum atomic E-state index is 9.46. The van der Waals surface area contributed by atoms with Crippen LogP contribution in [0.25, 0.3) is 0 Å². The number of aliphatic hydroxyl groups is 1. The normalized spacial score (nSPS) is 34.2. The molecule has 154 valence electrons. The summed E-state index contributed by atoms with van der Waals surface area (Å²) in [6.07, 6.45) is -0.463. The fraction of sp³-hybridized carbons (Fsp3) is 1.00. The van der Waals surface area contributed by atoms with E-state index in [9.17, 15) is 5.11 Å². The lowest BCUT2D eigenvalue weighted by molar-refractivity contribution is -0.320. The average molecular weight is 391 g/mol. The van der Waals surface area contributed by atoms with E-state index >= 15 is 0 Å². The van der Waals surface area contributed by atoms with Gasteiger partial charge in [-0.1, -0.05) is 20.8 Å². The first-order valence-corrected chi connectivity index (χ1v) is 12.6. The van der Waals surface area contributed by atoms with Crippen LogP contribution in [0.1, 0.15) is 54.9 Å². The highest BCUT2D eigenvalue weighted by molar-refractivity contribution is 6.73. The SMILES string of the molecule is CC[Si](CC)(CC)OC1COC(C)(C)O[C@H]1C1OC(C)(C)O[C@@H]1CCO. The Morgan fingerprint density at radius 3 is 2.04 bits per heavy atom. The molecular formula is C19H38O6Si. The molecule has 2 aliphatic rings. The molecule has 0 saturated carbocycles. The summed E-state index contributed by atoms with van der Waals surface area (Å²) in [5.41, 5.74) is 0. The summed E-state index contributed by atoms with van der Waals surface area (Å²) in [5, 5.41) is 9.46. The van der Waals surface area contributed by atoms with Gasteiger partial charge in [-0.25, -0.2) is 0 Å². The third-order valence-electron chi connectivity index (χ3n) is 5.67. The van der Waals surface area contributed by atoms with Gasteiger partial charge in [0.1, 0.15) is 12.2 Å². The summed E-state index contributed by atoms with van der Waals surface area (Å²) in [5.74, 6) is -1.39. The molecule has 7 heteroatoms. The molecule has 2 saturated heterocycles. The van der Waals surface area contributed by atoms with E-state index in [-0.39, 0.29) is 31.0 Å². The molecule has 4 atom stereocenters. The number of hydrogen-bond donors (Lipinski definition) is 1. The van der Waals surface area contributed by atoms with Crippen LogP contribution in [-0.4, -0.2) is 62.6 Å². The Morgan fingerprint density at radius 2 is 1.50 bits per heavy atom. The van der Waals surface area contributed by atoms with E-state index in [2.05, 4.69) is 20.8 Å². The zero-order valence-corrected chi connectivity index (χ0v) is 18.5. The first kappa shape index (κ1) is 22.3. The lowest BCUT2D eigenvalue weighted by Gasteiger charge is -2.46. The highest BCUT2D eigenvalue weighted by Crippen LogP contribution is 2.39. The molecule has 0 amide bonds. The van der Waals surface area contributed by atoms with Crippen molar-refractivity contribution >= 4 is 8.32 Å². The molecule has 2 unspecified atom stereocenters. The van der Waals surface area contributed by atoms with Crippen molar-refractivity contribution in [2.24, 2.45) is 0 Å². The van der Waals surface area contributed by atoms with Crippen LogP contribution in [0.3, 0.4) is 0 Å². The summed E-state index contributed by atoms with van der Waals surface area (Å²) in [6, 6.07) is 3.21. The van der Waals surface area contributed by atoms with Crippen molar-refractivity contribution in [2.45, 2.75) is 109 Å². The lowest BCUT2D eigenvalue weighted by Crippen LogP contribution is -2.59. The third kappa shape index (κ3) is 5.07. The molecular weight excluding hydrogens is 352 g/mol. The van der Waals surface area contributed by atoms with Gasteiger partial charge in [0, 0.05) is 6.61 Å². The highest BCUT2D eigenvalue weighted by Gasteiger charge is 2.52. The van der Waals surface area contributed by atoms with Gasteiger partial charge in [0.15, 0.2) is 19.9 Å². The Hall–Kier alpha value is -0.0231. The zero-order valence-electron chi connectivity index (χ0n) is 17.5. The van der Waals surface area contributed by atoms with Gasteiger partial charge < -0.3 is 28.5 Å². The van der Waals surface area contributed by atoms with Crippen LogP contribution in [0.5, 0.6) is 0 Å². The largest absolute Gasteiger partial charge is 0.409 e. The number of hydrogen-bond acceptors (Lipinski definition) is 6. The van der Waals surface area contributed by atoms with Crippen molar-refractivity contribution < 1.29 is 28.5 Å². The van der Waals surface area contributed by atoms with Gasteiger partial charge in [-0.05, 0) is 52.2 Å². The van der Waals surface area contributed by atoms with Gasteiger partial charge in [0.25, 0.3) is 0 Å². The number of aliphatic hydroxyl groups excluding tert-OH is 1.